The summed E-state index contributed by atoms with van der Waals surface area (Å²) in [7, 11) is -3.69. The second kappa shape index (κ2) is 12.4. The Morgan fingerprint density at radius 2 is 1.68 bits per heavy atom. The molecule has 13 heteroatoms. The highest BCUT2D eigenvalue weighted by Gasteiger charge is 2.29. The lowest BCUT2D eigenvalue weighted by Gasteiger charge is -2.25. The van der Waals surface area contributed by atoms with Gasteiger partial charge in [-0.15, -0.1) is 0 Å². The van der Waals surface area contributed by atoms with Crippen LogP contribution in [0.2, 0.25) is 0 Å². The molecule has 44 heavy (non-hydrogen) atoms. The van der Waals surface area contributed by atoms with E-state index >= 15 is 0 Å². The molecule has 1 N–H and O–H groups in total. The number of fused-ring (bicyclic) bond motifs is 1. The molecule has 0 amide bonds. The molecule has 1 aromatic carbocycles. The second-order valence-corrected chi connectivity index (χ2v) is 13.5. The highest BCUT2D eigenvalue weighted by molar-refractivity contribution is 7.90. The van der Waals surface area contributed by atoms with Gasteiger partial charge in [0.05, 0.1) is 33.8 Å². The van der Waals surface area contributed by atoms with Crippen molar-refractivity contribution in [1.82, 2.24) is 24.5 Å². The first-order chi connectivity index (χ1) is 21.1. The lowest BCUT2D eigenvalue weighted by Crippen LogP contribution is -2.20. The molecular formula is C31H36F2N6O4S. The maximum Gasteiger partial charge on any atom is 0.295 e. The van der Waals surface area contributed by atoms with Crippen LogP contribution in [0.25, 0.3) is 11.2 Å². The van der Waals surface area contributed by atoms with Crippen LogP contribution in [0.5, 0.6) is 0 Å². The average molecular weight is 627 g/mol. The molecule has 0 bridgehead atoms. The van der Waals surface area contributed by atoms with Gasteiger partial charge in [-0.05, 0) is 82.2 Å². The Balaban J connectivity index is 1.50. The third-order valence-electron chi connectivity index (χ3n) is 7.97. The number of sulfone groups is 1. The van der Waals surface area contributed by atoms with Gasteiger partial charge in [0, 0.05) is 31.6 Å². The van der Waals surface area contributed by atoms with Crippen molar-refractivity contribution in [2.75, 3.05) is 24.8 Å². The van der Waals surface area contributed by atoms with E-state index in [0.717, 1.165) is 55.3 Å². The molecular weight excluding hydrogens is 590 g/mol. The van der Waals surface area contributed by atoms with Gasteiger partial charge in [-0.1, -0.05) is 6.07 Å². The quantitative estimate of drug-likeness (QED) is 0.235. The number of benzene rings is 1. The van der Waals surface area contributed by atoms with Crippen LogP contribution in [0.3, 0.4) is 0 Å². The van der Waals surface area contributed by atoms with Crippen LogP contribution in [0.4, 0.5) is 20.2 Å². The number of hydrogen-bond donors (Lipinski definition) is 1. The SMILES string of the molecule is Cc1cc(Cc2cc(Nc3ccc(C4CCCCO4)cc3S(C)(=O)=O)c3nc(C(F)F)n(C4CCCCO4)c3n2)nc(C)n1. The van der Waals surface area contributed by atoms with Crippen LogP contribution in [0.15, 0.2) is 35.2 Å². The molecule has 0 radical (unpaired) electrons. The number of anilines is 2. The molecule has 2 aliphatic heterocycles. The molecule has 10 nitrogen and oxygen atoms in total. The number of rotatable bonds is 8. The third kappa shape index (κ3) is 6.45. The van der Waals surface area contributed by atoms with Gasteiger partial charge in [-0.3, -0.25) is 4.57 Å². The van der Waals surface area contributed by atoms with E-state index in [1.54, 1.807) is 25.1 Å². The van der Waals surface area contributed by atoms with Crippen LogP contribution >= 0.6 is 0 Å². The number of aromatic nitrogens is 5. The summed E-state index contributed by atoms with van der Waals surface area (Å²) in [6.45, 7) is 4.76. The summed E-state index contributed by atoms with van der Waals surface area (Å²) in [5, 5.41) is 3.23. The lowest BCUT2D eigenvalue weighted by molar-refractivity contribution is -0.0363. The van der Waals surface area contributed by atoms with E-state index in [9.17, 15) is 17.2 Å². The van der Waals surface area contributed by atoms with Crippen molar-refractivity contribution < 1.29 is 26.7 Å². The van der Waals surface area contributed by atoms with Crippen LogP contribution in [0.1, 0.15) is 91.6 Å². The Morgan fingerprint density at radius 1 is 0.932 bits per heavy atom. The Morgan fingerprint density at radius 3 is 2.34 bits per heavy atom. The van der Waals surface area contributed by atoms with Gasteiger partial charge in [0.1, 0.15) is 17.6 Å². The molecule has 2 fully saturated rings. The summed E-state index contributed by atoms with van der Waals surface area (Å²) < 4.78 is 68.2. The van der Waals surface area contributed by atoms with E-state index in [-0.39, 0.29) is 22.2 Å². The first-order valence-electron chi connectivity index (χ1n) is 14.9. The smallest absolute Gasteiger partial charge is 0.295 e. The average Bonchev–Trinajstić information content (AvgIpc) is 3.37. The number of imidazole rings is 1. The van der Waals surface area contributed by atoms with Gasteiger partial charge in [0.25, 0.3) is 6.43 Å². The van der Waals surface area contributed by atoms with Gasteiger partial charge in [0.2, 0.25) is 0 Å². The fourth-order valence-corrected chi connectivity index (χ4v) is 6.92. The Kier molecular flexibility index (Phi) is 8.62. The minimum atomic E-state index is -3.69. The molecule has 234 valence electrons. The van der Waals surface area contributed by atoms with E-state index in [1.165, 1.54) is 4.57 Å². The first kappa shape index (κ1) is 30.5. The number of nitrogens with one attached hydrogen (secondary N) is 1. The normalized spacial score (nSPS) is 19.5. The fraction of sp³-hybridized carbons (Fsp3) is 0.484. The van der Waals surface area contributed by atoms with Crippen LogP contribution < -0.4 is 5.32 Å². The Labute approximate surface area is 255 Å². The van der Waals surface area contributed by atoms with Crippen LogP contribution in [0, 0.1) is 13.8 Å². The number of pyridine rings is 1. The minimum absolute atomic E-state index is 0.0851. The maximum absolute atomic E-state index is 14.5. The number of hydrogen-bond acceptors (Lipinski definition) is 9. The predicted octanol–water partition coefficient (Wildman–Crippen LogP) is 6.45. The van der Waals surface area contributed by atoms with E-state index in [1.807, 2.05) is 19.1 Å². The number of halogens is 2. The predicted molar refractivity (Wildman–Crippen MR) is 161 cm³/mol. The Hall–Kier alpha value is -3.55. The molecule has 0 spiro atoms. The van der Waals surface area contributed by atoms with Crippen molar-refractivity contribution in [3.63, 3.8) is 0 Å². The summed E-state index contributed by atoms with van der Waals surface area (Å²) in [5.41, 5.74) is 3.95. The van der Waals surface area contributed by atoms with Crippen molar-refractivity contribution in [3.05, 3.63) is 64.6 Å². The zero-order valence-corrected chi connectivity index (χ0v) is 25.8. The zero-order valence-electron chi connectivity index (χ0n) is 25.0. The molecule has 2 atom stereocenters. The number of alkyl halides is 2. The summed E-state index contributed by atoms with van der Waals surface area (Å²) in [6, 6.07) is 8.75. The topological polar surface area (TPSA) is 121 Å². The second-order valence-electron chi connectivity index (χ2n) is 11.5. The molecule has 4 aromatic rings. The molecule has 0 saturated carbocycles. The third-order valence-corrected chi connectivity index (χ3v) is 9.11. The zero-order chi connectivity index (χ0) is 31.0. The Bertz CT molecular complexity index is 1760. The van der Waals surface area contributed by atoms with Gasteiger partial charge < -0.3 is 14.8 Å². The van der Waals surface area contributed by atoms with Gasteiger partial charge in [0.15, 0.2) is 21.3 Å². The highest BCUT2D eigenvalue weighted by Crippen LogP contribution is 2.38. The van der Waals surface area contributed by atoms with Gasteiger partial charge in [-0.2, -0.15) is 0 Å². The summed E-state index contributed by atoms with van der Waals surface area (Å²) >= 11 is 0. The van der Waals surface area contributed by atoms with E-state index in [4.69, 9.17) is 14.5 Å². The lowest BCUT2D eigenvalue weighted by atomic mass is 10.0. The monoisotopic (exact) mass is 626 g/mol. The molecule has 6 rings (SSSR count). The minimum Gasteiger partial charge on any atom is -0.374 e. The van der Waals surface area contributed by atoms with Crippen molar-refractivity contribution in [1.29, 1.82) is 0 Å². The number of aryl methyl sites for hydroxylation is 2. The van der Waals surface area contributed by atoms with Crippen molar-refractivity contribution >= 4 is 32.4 Å². The van der Waals surface area contributed by atoms with Gasteiger partial charge >= 0.3 is 0 Å². The summed E-state index contributed by atoms with van der Waals surface area (Å²) in [6.07, 6.45) is 2.76. The van der Waals surface area contributed by atoms with Crippen LogP contribution in [-0.2, 0) is 25.7 Å². The maximum atomic E-state index is 14.5. The summed E-state index contributed by atoms with van der Waals surface area (Å²) in [5.74, 6) is 0.168. The number of ether oxygens (including phenoxy) is 2. The van der Waals surface area contributed by atoms with E-state index in [2.05, 4.69) is 20.3 Å². The van der Waals surface area contributed by atoms with Crippen molar-refractivity contribution in [2.45, 2.75) is 82.4 Å². The van der Waals surface area contributed by atoms with E-state index in [0.29, 0.717) is 48.9 Å². The molecule has 2 unspecified atom stereocenters. The molecule has 5 heterocycles. The molecule has 2 aliphatic rings. The standard InChI is InChI=1S/C31H36F2N6O4S/c1-18-14-21(35-19(2)34-18)16-22-17-24(28-30(36-22)39(31(38-28)29(32)33)27-9-5-7-13-43-27)37-23-11-10-20(15-26(23)44(3,40)41)25-8-4-6-12-42-25/h10-11,14-15,17,25,27,29H,4-9,12-13,16H2,1-3H3,(H,36,37). The van der Waals surface area contributed by atoms with Gasteiger partial charge in [-0.25, -0.2) is 37.1 Å². The van der Waals surface area contributed by atoms with Crippen molar-refractivity contribution in [3.8, 4) is 0 Å². The van der Waals surface area contributed by atoms with Crippen LogP contribution in [-0.4, -0.2) is 52.4 Å². The molecule has 3 aromatic heterocycles. The van der Waals surface area contributed by atoms with E-state index < -0.39 is 28.3 Å². The highest BCUT2D eigenvalue weighted by atomic mass is 32.2. The molecule has 2 saturated heterocycles. The molecule has 0 aliphatic carbocycles. The fourth-order valence-electron chi connectivity index (χ4n) is 6.05. The number of nitrogens with zero attached hydrogens (tertiary/aromatic N) is 5. The first-order valence-corrected chi connectivity index (χ1v) is 16.8. The summed E-state index contributed by atoms with van der Waals surface area (Å²) in [4.78, 5) is 18.1. The largest absolute Gasteiger partial charge is 0.374 e. The van der Waals surface area contributed by atoms with Crippen molar-refractivity contribution in [2.24, 2.45) is 0 Å².